The third kappa shape index (κ3) is 5.97. The van der Waals surface area contributed by atoms with Crippen LogP contribution >= 0.6 is 11.6 Å². The molecule has 2 heterocycles. The van der Waals surface area contributed by atoms with E-state index >= 15 is 0 Å². The Labute approximate surface area is 172 Å². The van der Waals surface area contributed by atoms with Crippen LogP contribution in [0, 0.1) is 0 Å². The first-order valence-corrected chi connectivity index (χ1v) is 10.3. The molecular weight excluding hydrogens is 376 g/mol. The lowest BCUT2D eigenvalue weighted by Gasteiger charge is -2.32. The van der Waals surface area contributed by atoms with E-state index in [9.17, 15) is 0 Å². The highest BCUT2D eigenvalue weighted by molar-refractivity contribution is 6.28. The van der Waals surface area contributed by atoms with Crippen molar-refractivity contribution >= 4 is 17.4 Å². The van der Waals surface area contributed by atoms with E-state index in [1.165, 1.54) is 5.56 Å². The minimum absolute atomic E-state index is 0.277. The molecule has 7 heteroatoms. The molecule has 1 fully saturated rings. The summed E-state index contributed by atoms with van der Waals surface area (Å²) in [5.74, 6) is 2.43. The van der Waals surface area contributed by atoms with Crippen molar-refractivity contribution in [1.82, 2.24) is 14.9 Å². The first-order valence-electron chi connectivity index (χ1n) is 9.95. The van der Waals surface area contributed by atoms with Gasteiger partial charge in [0, 0.05) is 31.9 Å². The van der Waals surface area contributed by atoms with E-state index in [4.69, 9.17) is 21.1 Å². The Morgan fingerprint density at radius 3 is 2.75 bits per heavy atom. The molecule has 152 valence electrons. The van der Waals surface area contributed by atoms with E-state index in [2.05, 4.69) is 39.2 Å². The van der Waals surface area contributed by atoms with Gasteiger partial charge in [0.2, 0.25) is 5.28 Å². The van der Waals surface area contributed by atoms with Crippen molar-refractivity contribution in [2.45, 2.75) is 45.2 Å². The maximum Gasteiger partial charge on any atom is 0.224 e. The molecule has 3 rings (SSSR count). The van der Waals surface area contributed by atoms with Crippen LogP contribution in [0.25, 0.3) is 0 Å². The predicted molar refractivity (Wildman–Crippen MR) is 112 cm³/mol. The molecule has 0 radical (unpaired) electrons. The van der Waals surface area contributed by atoms with Crippen LogP contribution in [0.1, 0.15) is 38.2 Å². The highest BCUT2D eigenvalue weighted by Gasteiger charge is 2.20. The molecule has 0 bridgehead atoms. The van der Waals surface area contributed by atoms with Crippen molar-refractivity contribution in [3.05, 3.63) is 41.3 Å². The van der Waals surface area contributed by atoms with E-state index in [-0.39, 0.29) is 5.28 Å². The van der Waals surface area contributed by atoms with E-state index in [1.54, 1.807) is 13.3 Å². The molecule has 1 saturated heterocycles. The number of ether oxygens (including phenoxy) is 2. The number of piperidine rings is 1. The van der Waals surface area contributed by atoms with Crippen LogP contribution < -0.4 is 14.8 Å². The first kappa shape index (κ1) is 20.7. The van der Waals surface area contributed by atoms with Gasteiger partial charge in [-0.3, -0.25) is 4.90 Å². The number of halogens is 1. The molecule has 0 atom stereocenters. The number of hydrogen-bond acceptors (Lipinski definition) is 6. The van der Waals surface area contributed by atoms with Gasteiger partial charge in [0.05, 0.1) is 13.7 Å². The molecule has 28 heavy (non-hydrogen) atoms. The molecule has 6 nitrogen and oxygen atoms in total. The molecule has 2 aromatic rings. The maximum absolute atomic E-state index is 5.92. The quantitative estimate of drug-likeness (QED) is 0.494. The topological polar surface area (TPSA) is 59.5 Å². The molecule has 1 aliphatic heterocycles. The van der Waals surface area contributed by atoms with E-state index in [0.29, 0.717) is 6.04 Å². The average Bonchev–Trinajstić information content (AvgIpc) is 2.70. The second-order valence-corrected chi connectivity index (χ2v) is 7.43. The van der Waals surface area contributed by atoms with Gasteiger partial charge >= 0.3 is 0 Å². The number of aromatic nitrogens is 2. The minimum atomic E-state index is 0.277. The Morgan fingerprint density at radius 2 is 2.04 bits per heavy atom. The van der Waals surface area contributed by atoms with Crippen LogP contribution in [-0.2, 0) is 6.54 Å². The monoisotopic (exact) mass is 404 g/mol. The summed E-state index contributed by atoms with van der Waals surface area (Å²) in [4.78, 5) is 10.6. The second-order valence-electron chi connectivity index (χ2n) is 7.09. The van der Waals surface area contributed by atoms with Crippen molar-refractivity contribution in [1.29, 1.82) is 0 Å². The molecule has 1 N–H and O–H groups in total. The van der Waals surface area contributed by atoms with Crippen molar-refractivity contribution in [3.8, 4) is 11.5 Å². The number of anilines is 1. The predicted octanol–water partition coefficient (Wildman–Crippen LogP) is 4.39. The summed E-state index contributed by atoms with van der Waals surface area (Å²) < 4.78 is 11.3. The van der Waals surface area contributed by atoms with Gasteiger partial charge in [-0.15, -0.1) is 0 Å². The number of unbranched alkanes of at least 4 members (excludes halogenated alkanes) is 1. The summed E-state index contributed by atoms with van der Waals surface area (Å²) >= 11 is 5.86. The van der Waals surface area contributed by atoms with Crippen molar-refractivity contribution < 1.29 is 9.47 Å². The molecule has 0 saturated carbocycles. The third-order valence-electron chi connectivity index (χ3n) is 4.96. The van der Waals surface area contributed by atoms with Gasteiger partial charge in [-0.1, -0.05) is 19.4 Å². The highest BCUT2D eigenvalue weighted by atomic mass is 35.5. The summed E-state index contributed by atoms with van der Waals surface area (Å²) in [6, 6.07) is 8.51. The number of methoxy groups -OCH3 is 1. The Morgan fingerprint density at radius 1 is 1.21 bits per heavy atom. The fourth-order valence-corrected chi connectivity index (χ4v) is 3.52. The Bertz CT molecular complexity index is 751. The fraction of sp³-hybridized carbons (Fsp3) is 0.524. The largest absolute Gasteiger partial charge is 0.493 e. The van der Waals surface area contributed by atoms with Gasteiger partial charge in [-0.2, -0.15) is 0 Å². The Hall–Kier alpha value is -2.05. The van der Waals surface area contributed by atoms with Gasteiger partial charge in [-0.25, -0.2) is 9.97 Å². The maximum atomic E-state index is 5.92. The van der Waals surface area contributed by atoms with Crippen LogP contribution in [0.4, 0.5) is 5.82 Å². The molecule has 1 aromatic carbocycles. The summed E-state index contributed by atoms with van der Waals surface area (Å²) in [5, 5.41) is 3.74. The summed E-state index contributed by atoms with van der Waals surface area (Å²) in [7, 11) is 1.68. The highest BCUT2D eigenvalue weighted by Crippen LogP contribution is 2.29. The number of benzene rings is 1. The zero-order chi connectivity index (χ0) is 19.8. The van der Waals surface area contributed by atoms with Gasteiger partial charge in [0.15, 0.2) is 11.5 Å². The number of hydrogen-bond donors (Lipinski definition) is 1. The standard InChI is InChI=1S/C21H29ClN4O2/c1-3-4-13-28-19-14-16(5-6-18(19)27-2)15-26-11-8-17(9-12-26)24-20-7-10-23-21(22)25-20/h5-7,10,14,17H,3-4,8-9,11-13,15H2,1-2H3,(H,23,24,25). The molecule has 1 aromatic heterocycles. The summed E-state index contributed by atoms with van der Waals surface area (Å²) in [6.45, 7) is 5.87. The van der Waals surface area contributed by atoms with Crippen LogP contribution in [0.3, 0.4) is 0 Å². The molecule has 0 amide bonds. The molecule has 0 unspecified atom stereocenters. The second kappa shape index (κ2) is 10.5. The zero-order valence-electron chi connectivity index (χ0n) is 16.7. The van der Waals surface area contributed by atoms with Gasteiger partial charge in [0.1, 0.15) is 5.82 Å². The molecule has 1 aliphatic rings. The number of nitrogens with zero attached hydrogens (tertiary/aromatic N) is 3. The Balaban J connectivity index is 1.51. The number of nitrogens with one attached hydrogen (secondary N) is 1. The van der Waals surface area contributed by atoms with Crippen LogP contribution in [0.15, 0.2) is 30.5 Å². The van der Waals surface area contributed by atoms with Crippen LogP contribution in [0.2, 0.25) is 5.28 Å². The van der Waals surface area contributed by atoms with Crippen molar-refractivity contribution in [3.63, 3.8) is 0 Å². The average molecular weight is 405 g/mol. The molecule has 0 aliphatic carbocycles. The Kier molecular flexibility index (Phi) is 7.74. The number of likely N-dealkylation sites (tertiary alicyclic amines) is 1. The van der Waals surface area contributed by atoms with Crippen LogP contribution in [0.5, 0.6) is 11.5 Å². The van der Waals surface area contributed by atoms with Crippen molar-refractivity contribution in [2.75, 3.05) is 32.1 Å². The molecular formula is C21H29ClN4O2. The molecule has 0 spiro atoms. The van der Waals surface area contributed by atoms with Crippen LogP contribution in [-0.4, -0.2) is 47.7 Å². The lowest BCUT2D eigenvalue weighted by atomic mass is 10.0. The minimum Gasteiger partial charge on any atom is -0.493 e. The third-order valence-corrected chi connectivity index (χ3v) is 5.14. The van der Waals surface area contributed by atoms with Crippen molar-refractivity contribution in [2.24, 2.45) is 0 Å². The SMILES string of the molecule is CCCCOc1cc(CN2CCC(Nc3ccnc(Cl)n3)CC2)ccc1OC. The first-order chi connectivity index (χ1) is 13.7. The fourth-order valence-electron chi connectivity index (χ4n) is 3.38. The summed E-state index contributed by atoms with van der Waals surface area (Å²) in [5.41, 5.74) is 1.25. The van der Waals surface area contributed by atoms with Gasteiger partial charge in [0.25, 0.3) is 0 Å². The zero-order valence-corrected chi connectivity index (χ0v) is 17.4. The van der Waals surface area contributed by atoms with Gasteiger partial charge < -0.3 is 14.8 Å². The van der Waals surface area contributed by atoms with E-state index in [0.717, 1.165) is 69.2 Å². The van der Waals surface area contributed by atoms with E-state index in [1.807, 2.05) is 12.1 Å². The smallest absolute Gasteiger partial charge is 0.224 e. The van der Waals surface area contributed by atoms with E-state index < -0.39 is 0 Å². The summed E-state index contributed by atoms with van der Waals surface area (Å²) in [6.07, 6.45) is 5.98. The number of rotatable bonds is 9. The lowest BCUT2D eigenvalue weighted by molar-refractivity contribution is 0.210. The van der Waals surface area contributed by atoms with Gasteiger partial charge in [-0.05, 0) is 54.6 Å². The normalized spacial score (nSPS) is 15.4. The lowest BCUT2D eigenvalue weighted by Crippen LogP contribution is -2.38.